The molecule has 1 atom stereocenters. The van der Waals surface area contributed by atoms with Crippen molar-refractivity contribution in [2.75, 3.05) is 13.7 Å². The maximum Gasteiger partial charge on any atom is 0.134 e. The molecule has 1 aromatic heterocycles. The van der Waals surface area contributed by atoms with Crippen molar-refractivity contribution < 1.29 is 9.13 Å². The molecule has 1 N–H and O–H groups in total. The lowest BCUT2D eigenvalue weighted by atomic mass is 10.0. The summed E-state index contributed by atoms with van der Waals surface area (Å²) in [4.78, 5) is 0.987. The topological polar surface area (TPSA) is 21.3 Å². The van der Waals surface area contributed by atoms with Crippen molar-refractivity contribution in [2.45, 2.75) is 13.0 Å². The molecule has 0 spiro atoms. The van der Waals surface area contributed by atoms with Gasteiger partial charge in [0.05, 0.1) is 18.0 Å². The van der Waals surface area contributed by atoms with Crippen molar-refractivity contribution in [3.63, 3.8) is 0 Å². The summed E-state index contributed by atoms with van der Waals surface area (Å²) in [7, 11) is 1.63. The van der Waals surface area contributed by atoms with E-state index in [1.165, 1.54) is 6.07 Å². The fourth-order valence-corrected chi connectivity index (χ4v) is 3.30. The van der Waals surface area contributed by atoms with Gasteiger partial charge in [-0.1, -0.05) is 22.9 Å². The highest BCUT2D eigenvalue weighted by Crippen LogP contribution is 2.36. The zero-order valence-electron chi connectivity index (χ0n) is 10.7. The van der Waals surface area contributed by atoms with Crippen LogP contribution < -0.4 is 10.1 Å². The van der Waals surface area contributed by atoms with Gasteiger partial charge in [0.2, 0.25) is 0 Å². The first-order chi connectivity index (χ1) is 9.17. The van der Waals surface area contributed by atoms with Crippen LogP contribution in [0.5, 0.6) is 5.75 Å². The second-order valence-corrected chi connectivity index (χ2v) is 5.87. The zero-order valence-corrected chi connectivity index (χ0v) is 13.1. The van der Waals surface area contributed by atoms with E-state index in [1.807, 2.05) is 24.4 Å². The predicted molar refractivity (Wildman–Crippen MR) is 80.5 cm³/mol. The molecule has 1 aromatic carbocycles. The molecule has 0 aliphatic heterocycles. The quantitative estimate of drug-likeness (QED) is 0.870. The Morgan fingerprint density at radius 3 is 2.89 bits per heavy atom. The van der Waals surface area contributed by atoms with Crippen molar-refractivity contribution in [1.82, 2.24) is 5.32 Å². The third-order valence-electron chi connectivity index (χ3n) is 2.82. The van der Waals surface area contributed by atoms with E-state index in [9.17, 15) is 4.39 Å². The van der Waals surface area contributed by atoms with Crippen LogP contribution in [0, 0.1) is 5.82 Å². The van der Waals surface area contributed by atoms with Gasteiger partial charge in [0, 0.05) is 10.0 Å². The monoisotopic (exact) mass is 343 g/mol. The number of benzene rings is 1. The van der Waals surface area contributed by atoms with Gasteiger partial charge in [0.1, 0.15) is 11.6 Å². The summed E-state index contributed by atoms with van der Waals surface area (Å²) in [6.45, 7) is 2.75. The van der Waals surface area contributed by atoms with E-state index >= 15 is 0 Å². The molecule has 1 unspecified atom stereocenters. The van der Waals surface area contributed by atoms with Crippen molar-refractivity contribution >= 4 is 27.3 Å². The maximum atomic E-state index is 14.1. The van der Waals surface area contributed by atoms with E-state index in [0.29, 0.717) is 5.56 Å². The van der Waals surface area contributed by atoms with Crippen molar-refractivity contribution in [1.29, 1.82) is 0 Å². The number of hydrogen-bond acceptors (Lipinski definition) is 3. The van der Waals surface area contributed by atoms with Crippen LogP contribution >= 0.6 is 27.3 Å². The van der Waals surface area contributed by atoms with Crippen molar-refractivity contribution in [2.24, 2.45) is 0 Å². The SMILES string of the molecule is CCNC(c1cc(Br)ccc1F)c1sccc1OC. The molecule has 5 heteroatoms. The van der Waals surface area contributed by atoms with E-state index in [4.69, 9.17) is 4.74 Å². The molecule has 0 bridgehead atoms. The fourth-order valence-electron chi connectivity index (χ4n) is 1.97. The van der Waals surface area contributed by atoms with Gasteiger partial charge >= 0.3 is 0 Å². The minimum atomic E-state index is -0.218. The first kappa shape index (κ1) is 14.5. The molecule has 102 valence electrons. The number of methoxy groups -OCH3 is 1. The molecular formula is C14H15BrFNOS. The third kappa shape index (κ3) is 3.16. The molecule has 0 saturated heterocycles. The summed E-state index contributed by atoms with van der Waals surface area (Å²) in [5.41, 5.74) is 0.622. The van der Waals surface area contributed by atoms with E-state index in [0.717, 1.165) is 21.6 Å². The molecule has 0 radical (unpaired) electrons. The van der Waals surface area contributed by atoms with E-state index < -0.39 is 0 Å². The summed E-state index contributed by atoms with van der Waals surface area (Å²) in [6.07, 6.45) is 0. The molecule has 2 rings (SSSR count). The van der Waals surface area contributed by atoms with Gasteiger partial charge in [-0.2, -0.15) is 0 Å². The van der Waals surface area contributed by atoms with Gasteiger partial charge in [0.25, 0.3) is 0 Å². The van der Waals surface area contributed by atoms with Gasteiger partial charge in [-0.25, -0.2) is 4.39 Å². The van der Waals surface area contributed by atoms with Gasteiger partial charge in [0.15, 0.2) is 0 Å². The summed E-state index contributed by atoms with van der Waals surface area (Å²) in [5.74, 6) is 0.569. The lowest BCUT2D eigenvalue weighted by Gasteiger charge is -2.19. The summed E-state index contributed by atoms with van der Waals surface area (Å²) in [5, 5.41) is 5.27. The highest BCUT2D eigenvalue weighted by Gasteiger charge is 2.22. The van der Waals surface area contributed by atoms with Gasteiger partial charge in [-0.05, 0) is 36.2 Å². The lowest BCUT2D eigenvalue weighted by Crippen LogP contribution is -2.22. The molecule has 2 aromatic rings. The first-order valence-electron chi connectivity index (χ1n) is 5.97. The minimum Gasteiger partial charge on any atom is -0.496 e. The Kier molecular flexibility index (Phi) is 4.96. The molecule has 2 nitrogen and oxygen atoms in total. The smallest absolute Gasteiger partial charge is 0.134 e. The number of halogens is 2. The number of nitrogens with one attached hydrogen (secondary N) is 1. The summed E-state index contributed by atoms with van der Waals surface area (Å²) in [6, 6.07) is 6.69. The number of thiophene rings is 1. The Labute approximate surface area is 124 Å². The molecule has 19 heavy (non-hydrogen) atoms. The highest BCUT2D eigenvalue weighted by molar-refractivity contribution is 9.10. The van der Waals surface area contributed by atoms with Crippen LogP contribution in [0.3, 0.4) is 0 Å². The number of rotatable bonds is 5. The normalized spacial score (nSPS) is 12.4. The fraction of sp³-hybridized carbons (Fsp3) is 0.286. The predicted octanol–water partition coefficient (Wildman–Crippen LogP) is 4.36. The Balaban J connectivity index is 2.48. The Bertz CT molecular complexity index is 558. The van der Waals surface area contributed by atoms with Gasteiger partial charge in [-0.15, -0.1) is 11.3 Å². The first-order valence-corrected chi connectivity index (χ1v) is 7.64. The molecule has 0 fully saturated rings. The van der Waals surface area contributed by atoms with Crippen LogP contribution in [0.25, 0.3) is 0 Å². The van der Waals surface area contributed by atoms with E-state index in [-0.39, 0.29) is 11.9 Å². The van der Waals surface area contributed by atoms with Crippen LogP contribution in [0.1, 0.15) is 23.4 Å². The second-order valence-electron chi connectivity index (χ2n) is 4.01. The molecule has 0 aliphatic rings. The lowest BCUT2D eigenvalue weighted by molar-refractivity contribution is 0.407. The Hall–Kier alpha value is -0.910. The van der Waals surface area contributed by atoms with E-state index in [2.05, 4.69) is 21.2 Å². The highest BCUT2D eigenvalue weighted by atomic mass is 79.9. The minimum absolute atomic E-state index is 0.197. The molecule has 0 amide bonds. The van der Waals surface area contributed by atoms with Crippen molar-refractivity contribution in [3.8, 4) is 5.75 Å². The molecular weight excluding hydrogens is 329 g/mol. The average molecular weight is 344 g/mol. The zero-order chi connectivity index (χ0) is 13.8. The third-order valence-corrected chi connectivity index (χ3v) is 4.27. The maximum absolute atomic E-state index is 14.1. The number of ether oxygens (including phenoxy) is 1. The van der Waals surface area contributed by atoms with Crippen LogP contribution in [0.4, 0.5) is 4.39 Å². The summed E-state index contributed by atoms with van der Waals surface area (Å²) >= 11 is 4.95. The number of hydrogen-bond donors (Lipinski definition) is 1. The van der Waals surface area contributed by atoms with Crippen LogP contribution in [-0.4, -0.2) is 13.7 Å². The second kappa shape index (κ2) is 6.50. The van der Waals surface area contributed by atoms with Crippen LogP contribution in [0.15, 0.2) is 34.1 Å². The largest absolute Gasteiger partial charge is 0.496 e. The standard InChI is InChI=1S/C14H15BrFNOS/c1-3-17-13(14-12(18-2)6-7-19-14)10-8-9(15)4-5-11(10)16/h4-8,13,17H,3H2,1-2H3. The van der Waals surface area contributed by atoms with Gasteiger partial charge < -0.3 is 10.1 Å². The Morgan fingerprint density at radius 2 is 2.21 bits per heavy atom. The Morgan fingerprint density at radius 1 is 1.42 bits per heavy atom. The molecule has 0 saturated carbocycles. The van der Waals surface area contributed by atoms with E-state index in [1.54, 1.807) is 24.5 Å². The van der Waals surface area contributed by atoms with Gasteiger partial charge in [-0.3, -0.25) is 0 Å². The van der Waals surface area contributed by atoms with Crippen LogP contribution in [-0.2, 0) is 0 Å². The molecule has 0 aliphatic carbocycles. The van der Waals surface area contributed by atoms with Crippen LogP contribution in [0.2, 0.25) is 0 Å². The average Bonchev–Trinajstić information content (AvgIpc) is 2.87. The summed E-state index contributed by atoms with van der Waals surface area (Å²) < 4.78 is 20.3. The molecule has 1 heterocycles. The van der Waals surface area contributed by atoms with Crippen molar-refractivity contribution in [3.05, 3.63) is 50.4 Å².